The third-order valence-corrected chi connectivity index (χ3v) is 3.98. The molecule has 0 aromatic heterocycles. The Bertz CT molecular complexity index is 417. The summed E-state index contributed by atoms with van der Waals surface area (Å²) in [6.45, 7) is 11.2. The van der Waals surface area contributed by atoms with Crippen molar-refractivity contribution in [2.75, 3.05) is 33.7 Å². The Hall–Kier alpha value is -0.900. The van der Waals surface area contributed by atoms with Crippen LogP contribution < -0.4 is 0 Å². The highest BCUT2D eigenvalue weighted by Crippen LogP contribution is 2.19. The second-order valence-electron chi connectivity index (χ2n) is 6.06. The van der Waals surface area contributed by atoms with Gasteiger partial charge >= 0.3 is 0 Å². The number of nitrogens with zero attached hydrogens (tertiary/aromatic N) is 2. The second kappa shape index (κ2) is 7.77. The first kappa shape index (κ1) is 17.2. The molecule has 0 bridgehead atoms. The molecule has 0 aliphatic rings. The molecule has 114 valence electrons. The minimum absolute atomic E-state index is 0.418. The van der Waals surface area contributed by atoms with Crippen molar-refractivity contribution in [3.8, 4) is 0 Å². The van der Waals surface area contributed by atoms with Gasteiger partial charge in [-0.15, -0.1) is 0 Å². The Morgan fingerprint density at radius 1 is 1.10 bits per heavy atom. The van der Waals surface area contributed by atoms with Crippen LogP contribution in [0.5, 0.6) is 0 Å². The van der Waals surface area contributed by atoms with E-state index in [1.165, 1.54) is 11.1 Å². The smallest absolute Gasteiger partial charge is 0.0917 e. The van der Waals surface area contributed by atoms with E-state index in [4.69, 9.17) is 0 Å². The lowest BCUT2D eigenvalue weighted by Crippen LogP contribution is -2.42. The number of aryl methyl sites for hydroxylation is 2. The van der Waals surface area contributed by atoms with Crippen LogP contribution in [0.1, 0.15) is 36.6 Å². The van der Waals surface area contributed by atoms with Crippen LogP contribution >= 0.6 is 0 Å². The van der Waals surface area contributed by atoms with E-state index >= 15 is 0 Å². The standard InChI is InChI=1S/C17H30N2O/c1-7-19(15(4)11-18(5)6)12-17(20)16-9-8-13(2)14(3)10-16/h8-10,15,17,20H,7,11-12H2,1-6H3. The number of aliphatic hydroxyl groups excluding tert-OH is 1. The molecular weight excluding hydrogens is 248 g/mol. The lowest BCUT2D eigenvalue weighted by atomic mass is 10.0. The first-order chi connectivity index (χ1) is 9.35. The molecule has 0 aliphatic carbocycles. The fourth-order valence-electron chi connectivity index (χ4n) is 2.56. The molecule has 2 atom stereocenters. The molecule has 0 saturated heterocycles. The SMILES string of the molecule is CCN(CC(O)c1ccc(C)c(C)c1)C(C)CN(C)C. The number of rotatable bonds is 7. The summed E-state index contributed by atoms with van der Waals surface area (Å²) >= 11 is 0. The van der Waals surface area contributed by atoms with Gasteiger partial charge in [-0.3, -0.25) is 4.90 Å². The molecule has 2 unspecified atom stereocenters. The van der Waals surface area contributed by atoms with E-state index in [0.717, 1.165) is 18.7 Å². The van der Waals surface area contributed by atoms with Crippen molar-refractivity contribution in [3.63, 3.8) is 0 Å². The molecule has 0 aliphatic heterocycles. The van der Waals surface area contributed by atoms with Gasteiger partial charge in [-0.2, -0.15) is 0 Å². The first-order valence-electron chi connectivity index (χ1n) is 7.49. The van der Waals surface area contributed by atoms with Crippen LogP contribution in [-0.4, -0.2) is 54.7 Å². The Morgan fingerprint density at radius 3 is 2.25 bits per heavy atom. The lowest BCUT2D eigenvalue weighted by molar-refractivity contribution is 0.0858. The average molecular weight is 278 g/mol. The Kier molecular flexibility index (Phi) is 6.66. The van der Waals surface area contributed by atoms with Crippen molar-refractivity contribution < 1.29 is 5.11 Å². The fraction of sp³-hybridized carbons (Fsp3) is 0.647. The monoisotopic (exact) mass is 278 g/mol. The molecule has 0 saturated carbocycles. The molecule has 3 nitrogen and oxygen atoms in total. The van der Waals surface area contributed by atoms with Gasteiger partial charge in [-0.25, -0.2) is 0 Å². The minimum Gasteiger partial charge on any atom is -0.387 e. The zero-order valence-corrected chi connectivity index (χ0v) is 13.8. The molecule has 20 heavy (non-hydrogen) atoms. The number of hydrogen-bond acceptors (Lipinski definition) is 3. The zero-order valence-electron chi connectivity index (χ0n) is 13.8. The van der Waals surface area contributed by atoms with Crippen molar-refractivity contribution in [1.29, 1.82) is 0 Å². The summed E-state index contributed by atoms with van der Waals surface area (Å²) in [5.74, 6) is 0. The van der Waals surface area contributed by atoms with Crippen LogP contribution in [0.25, 0.3) is 0 Å². The average Bonchev–Trinajstić information content (AvgIpc) is 2.37. The van der Waals surface area contributed by atoms with Crippen LogP contribution in [0.15, 0.2) is 18.2 Å². The first-order valence-corrected chi connectivity index (χ1v) is 7.49. The van der Waals surface area contributed by atoms with Crippen molar-refractivity contribution in [2.45, 2.75) is 39.8 Å². The highest BCUT2D eigenvalue weighted by atomic mass is 16.3. The highest BCUT2D eigenvalue weighted by molar-refractivity contribution is 5.31. The Balaban J connectivity index is 2.71. The van der Waals surface area contributed by atoms with Gasteiger partial charge in [0.15, 0.2) is 0 Å². The van der Waals surface area contributed by atoms with E-state index in [9.17, 15) is 5.11 Å². The van der Waals surface area contributed by atoms with E-state index in [0.29, 0.717) is 12.6 Å². The molecule has 0 amide bonds. The number of benzene rings is 1. The largest absolute Gasteiger partial charge is 0.387 e. The molecule has 0 spiro atoms. The van der Waals surface area contributed by atoms with Crippen LogP contribution in [0.3, 0.4) is 0 Å². The molecule has 3 heteroatoms. The summed E-state index contributed by atoms with van der Waals surface area (Å²) in [6, 6.07) is 6.67. The van der Waals surface area contributed by atoms with Gasteiger partial charge in [0.05, 0.1) is 6.10 Å². The van der Waals surface area contributed by atoms with E-state index < -0.39 is 6.10 Å². The topological polar surface area (TPSA) is 26.7 Å². The van der Waals surface area contributed by atoms with Gasteiger partial charge in [0.25, 0.3) is 0 Å². The van der Waals surface area contributed by atoms with Crippen molar-refractivity contribution >= 4 is 0 Å². The zero-order chi connectivity index (χ0) is 15.3. The van der Waals surface area contributed by atoms with Crippen LogP contribution in [0, 0.1) is 13.8 Å². The summed E-state index contributed by atoms with van der Waals surface area (Å²) in [7, 11) is 4.17. The van der Waals surface area contributed by atoms with Gasteiger partial charge in [0, 0.05) is 19.1 Å². The third kappa shape index (κ3) is 4.89. The van der Waals surface area contributed by atoms with E-state index in [1.807, 2.05) is 6.07 Å². The Morgan fingerprint density at radius 2 is 1.75 bits per heavy atom. The summed E-state index contributed by atoms with van der Waals surface area (Å²) in [4.78, 5) is 4.52. The molecular formula is C17H30N2O. The van der Waals surface area contributed by atoms with E-state index in [2.05, 4.69) is 63.7 Å². The van der Waals surface area contributed by atoms with Gasteiger partial charge in [0.2, 0.25) is 0 Å². The minimum atomic E-state index is -0.418. The summed E-state index contributed by atoms with van der Waals surface area (Å²) in [5.41, 5.74) is 3.53. The molecule has 1 aromatic carbocycles. The quantitative estimate of drug-likeness (QED) is 0.830. The summed E-state index contributed by atoms with van der Waals surface area (Å²) in [5, 5.41) is 10.5. The van der Waals surface area contributed by atoms with Crippen LogP contribution in [0.4, 0.5) is 0 Å². The fourth-order valence-corrected chi connectivity index (χ4v) is 2.56. The maximum Gasteiger partial charge on any atom is 0.0917 e. The van der Waals surface area contributed by atoms with Crippen LogP contribution in [-0.2, 0) is 0 Å². The lowest BCUT2D eigenvalue weighted by Gasteiger charge is -2.31. The molecule has 0 radical (unpaired) electrons. The van der Waals surface area contributed by atoms with Gasteiger partial charge in [-0.05, 0) is 58.1 Å². The predicted octanol–water partition coefficient (Wildman–Crippen LogP) is 2.61. The van der Waals surface area contributed by atoms with Crippen molar-refractivity contribution in [2.24, 2.45) is 0 Å². The summed E-state index contributed by atoms with van der Waals surface area (Å²) in [6.07, 6.45) is -0.418. The maximum atomic E-state index is 10.5. The number of likely N-dealkylation sites (N-methyl/N-ethyl adjacent to an activating group) is 2. The third-order valence-electron chi connectivity index (χ3n) is 3.98. The molecule has 0 heterocycles. The maximum absolute atomic E-state index is 10.5. The summed E-state index contributed by atoms with van der Waals surface area (Å²) < 4.78 is 0. The van der Waals surface area contributed by atoms with Crippen molar-refractivity contribution in [1.82, 2.24) is 9.80 Å². The number of aliphatic hydroxyl groups is 1. The predicted molar refractivity (Wildman–Crippen MR) is 86.1 cm³/mol. The molecule has 1 rings (SSSR count). The van der Waals surface area contributed by atoms with Gasteiger partial charge < -0.3 is 10.0 Å². The van der Waals surface area contributed by atoms with Crippen molar-refractivity contribution in [3.05, 3.63) is 34.9 Å². The van der Waals surface area contributed by atoms with Gasteiger partial charge in [-0.1, -0.05) is 25.1 Å². The van der Waals surface area contributed by atoms with E-state index in [-0.39, 0.29) is 0 Å². The van der Waals surface area contributed by atoms with Gasteiger partial charge in [0.1, 0.15) is 0 Å². The molecule has 1 aromatic rings. The molecule has 1 N–H and O–H groups in total. The molecule has 0 fully saturated rings. The van der Waals surface area contributed by atoms with Crippen LogP contribution in [0.2, 0.25) is 0 Å². The second-order valence-corrected chi connectivity index (χ2v) is 6.06. The number of hydrogen-bond donors (Lipinski definition) is 1. The Labute approximate surface area is 124 Å². The highest BCUT2D eigenvalue weighted by Gasteiger charge is 2.18. The normalized spacial score (nSPS) is 14.8. The van der Waals surface area contributed by atoms with E-state index in [1.54, 1.807) is 0 Å².